The summed E-state index contributed by atoms with van der Waals surface area (Å²) >= 11 is 0. The molecule has 0 bridgehead atoms. The van der Waals surface area contributed by atoms with E-state index in [-0.39, 0.29) is 11.7 Å². The second kappa shape index (κ2) is 13.3. The van der Waals surface area contributed by atoms with Crippen molar-refractivity contribution in [3.05, 3.63) is 78.1 Å². The molecule has 4 aromatic rings. The number of halogens is 3. The predicted octanol–water partition coefficient (Wildman–Crippen LogP) is 6.61. The number of fused-ring (bicyclic) bond motifs is 1. The Bertz CT molecular complexity index is 1670. The van der Waals surface area contributed by atoms with Gasteiger partial charge in [-0.1, -0.05) is 12.1 Å². The number of carbonyl (C=O) groups excluding carboxylic acids is 2. The third-order valence-corrected chi connectivity index (χ3v) is 7.23. The van der Waals surface area contributed by atoms with E-state index in [2.05, 4.69) is 15.2 Å². The van der Waals surface area contributed by atoms with Crippen LogP contribution in [0.5, 0.6) is 17.4 Å². The number of anilines is 1. The first-order chi connectivity index (χ1) is 21.7. The van der Waals surface area contributed by atoms with Gasteiger partial charge in [-0.05, 0) is 62.7 Å². The average molecular weight is 640 g/mol. The highest BCUT2D eigenvalue weighted by Gasteiger charge is 2.28. The summed E-state index contributed by atoms with van der Waals surface area (Å²) in [7, 11) is 1.84. The van der Waals surface area contributed by atoms with Gasteiger partial charge < -0.3 is 23.7 Å². The van der Waals surface area contributed by atoms with Crippen molar-refractivity contribution in [3.63, 3.8) is 0 Å². The molecule has 0 saturated carbocycles. The molecular formula is C33H36F3N5O5. The van der Waals surface area contributed by atoms with Crippen LogP contribution in [-0.4, -0.2) is 75.9 Å². The van der Waals surface area contributed by atoms with Gasteiger partial charge in [-0.15, -0.1) is 0 Å². The summed E-state index contributed by atoms with van der Waals surface area (Å²) < 4.78 is 55.0. The lowest BCUT2D eigenvalue weighted by Crippen LogP contribution is -2.48. The topological polar surface area (TPSA) is 98.2 Å². The zero-order valence-electron chi connectivity index (χ0n) is 26.1. The van der Waals surface area contributed by atoms with Crippen LogP contribution in [0, 0.1) is 0 Å². The van der Waals surface area contributed by atoms with E-state index in [9.17, 15) is 22.8 Å². The SMILES string of the molecule is Cn1c(C(=O)N2CCN(Cc3ccc(OCC(F)(F)F)cc3)CC2)cc2ccc(Oc3ccc(NC(=O)OC(C)(C)C)cn3)cc21. The number of rotatable bonds is 8. The molecule has 0 spiro atoms. The Morgan fingerprint density at radius 2 is 1.61 bits per heavy atom. The smallest absolute Gasteiger partial charge is 0.422 e. The number of pyridine rings is 1. The molecule has 10 nitrogen and oxygen atoms in total. The summed E-state index contributed by atoms with van der Waals surface area (Å²) in [4.78, 5) is 33.8. The number of aryl methyl sites for hydroxylation is 1. The molecule has 46 heavy (non-hydrogen) atoms. The first-order valence-electron chi connectivity index (χ1n) is 14.8. The van der Waals surface area contributed by atoms with Gasteiger partial charge in [-0.2, -0.15) is 13.2 Å². The molecule has 5 rings (SSSR count). The molecule has 1 aliphatic rings. The molecule has 1 saturated heterocycles. The van der Waals surface area contributed by atoms with Crippen molar-refractivity contribution < 1.29 is 37.0 Å². The maximum Gasteiger partial charge on any atom is 0.422 e. The van der Waals surface area contributed by atoms with Crippen LogP contribution in [0.1, 0.15) is 36.8 Å². The molecule has 2 aromatic heterocycles. The molecule has 0 radical (unpaired) electrons. The van der Waals surface area contributed by atoms with Crippen molar-refractivity contribution in [2.45, 2.75) is 39.1 Å². The van der Waals surface area contributed by atoms with Gasteiger partial charge in [0.05, 0.1) is 17.4 Å². The van der Waals surface area contributed by atoms with Crippen LogP contribution in [0.15, 0.2) is 66.9 Å². The Kier molecular flexibility index (Phi) is 9.42. The zero-order chi connectivity index (χ0) is 33.1. The van der Waals surface area contributed by atoms with Gasteiger partial charge in [-0.3, -0.25) is 15.0 Å². The van der Waals surface area contributed by atoms with Gasteiger partial charge in [0.2, 0.25) is 5.88 Å². The van der Waals surface area contributed by atoms with Crippen LogP contribution in [0.25, 0.3) is 10.9 Å². The Morgan fingerprint density at radius 3 is 2.24 bits per heavy atom. The second-order valence-electron chi connectivity index (χ2n) is 12.0. The van der Waals surface area contributed by atoms with E-state index < -0.39 is 24.5 Å². The van der Waals surface area contributed by atoms with Crippen LogP contribution < -0.4 is 14.8 Å². The second-order valence-corrected chi connectivity index (χ2v) is 12.0. The fourth-order valence-electron chi connectivity index (χ4n) is 5.02. The van der Waals surface area contributed by atoms with Crippen molar-refractivity contribution in [1.82, 2.24) is 19.4 Å². The number of hydrogen-bond acceptors (Lipinski definition) is 7. The fraction of sp³-hybridized carbons (Fsp3) is 0.364. The quantitative estimate of drug-likeness (QED) is 0.232. The summed E-state index contributed by atoms with van der Waals surface area (Å²) in [6, 6.07) is 17.3. The lowest BCUT2D eigenvalue weighted by atomic mass is 10.2. The van der Waals surface area contributed by atoms with Crippen LogP contribution in [0.2, 0.25) is 0 Å². The maximum absolute atomic E-state index is 13.5. The lowest BCUT2D eigenvalue weighted by molar-refractivity contribution is -0.153. The largest absolute Gasteiger partial charge is 0.484 e. The lowest BCUT2D eigenvalue weighted by Gasteiger charge is -2.34. The minimum Gasteiger partial charge on any atom is -0.484 e. The van der Waals surface area contributed by atoms with Gasteiger partial charge in [0, 0.05) is 57.3 Å². The number of nitrogens with zero attached hydrogens (tertiary/aromatic N) is 4. The number of hydrogen-bond donors (Lipinski definition) is 1. The highest BCUT2D eigenvalue weighted by atomic mass is 19.4. The number of aromatic nitrogens is 2. The molecule has 0 atom stereocenters. The Morgan fingerprint density at radius 1 is 0.913 bits per heavy atom. The molecule has 1 fully saturated rings. The molecule has 2 amide bonds. The van der Waals surface area contributed by atoms with Crippen molar-refractivity contribution in [2.24, 2.45) is 7.05 Å². The summed E-state index contributed by atoms with van der Waals surface area (Å²) in [5.41, 5.74) is 2.19. The number of amides is 2. The van der Waals surface area contributed by atoms with E-state index >= 15 is 0 Å². The summed E-state index contributed by atoms with van der Waals surface area (Å²) in [5, 5.41) is 3.52. The number of benzene rings is 2. The number of nitrogens with one attached hydrogen (secondary N) is 1. The van der Waals surface area contributed by atoms with Gasteiger partial charge >= 0.3 is 12.3 Å². The van der Waals surface area contributed by atoms with Crippen LogP contribution in [0.4, 0.5) is 23.7 Å². The standard InChI is InChI=1S/C33H36F3N5O5/c1-32(2,3)46-31(43)38-24-8-12-29(37-19-24)45-26-11-7-23-17-28(39(4)27(23)18-26)30(42)41-15-13-40(14-16-41)20-22-5-9-25(10-6-22)44-21-33(34,35)36/h5-12,17-19H,13-16,20-21H2,1-4H3,(H,38,43). The highest BCUT2D eigenvalue weighted by Crippen LogP contribution is 2.28. The van der Waals surface area contributed by atoms with Crippen LogP contribution >= 0.6 is 0 Å². The predicted molar refractivity (Wildman–Crippen MR) is 166 cm³/mol. The number of carbonyl (C=O) groups is 2. The van der Waals surface area contributed by atoms with Gasteiger partial charge in [0.1, 0.15) is 22.8 Å². The minimum absolute atomic E-state index is 0.0678. The van der Waals surface area contributed by atoms with E-state index in [1.54, 1.807) is 51.1 Å². The molecule has 1 aliphatic heterocycles. The molecule has 0 unspecified atom stereocenters. The third kappa shape index (κ3) is 8.68. The molecular weight excluding hydrogens is 603 g/mol. The van der Waals surface area contributed by atoms with E-state index in [1.807, 2.05) is 34.7 Å². The fourth-order valence-corrected chi connectivity index (χ4v) is 5.02. The molecule has 13 heteroatoms. The van der Waals surface area contributed by atoms with Crippen LogP contribution in [-0.2, 0) is 18.3 Å². The summed E-state index contributed by atoms with van der Waals surface area (Å²) in [6.07, 6.45) is -3.48. The van der Waals surface area contributed by atoms with E-state index in [0.29, 0.717) is 55.7 Å². The molecule has 0 aliphatic carbocycles. The molecule has 1 N–H and O–H groups in total. The van der Waals surface area contributed by atoms with Gasteiger partial charge in [-0.25, -0.2) is 9.78 Å². The highest BCUT2D eigenvalue weighted by molar-refractivity contribution is 5.99. The van der Waals surface area contributed by atoms with Crippen molar-refractivity contribution in [3.8, 4) is 17.4 Å². The average Bonchev–Trinajstić information content (AvgIpc) is 3.32. The zero-order valence-corrected chi connectivity index (χ0v) is 26.1. The Hall–Kier alpha value is -4.78. The number of ether oxygens (including phenoxy) is 3. The van der Waals surface area contributed by atoms with E-state index in [4.69, 9.17) is 14.2 Å². The van der Waals surface area contributed by atoms with Gasteiger partial charge in [0.15, 0.2) is 6.61 Å². The Balaban J connectivity index is 1.15. The van der Waals surface area contributed by atoms with Crippen molar-refractivity contribution in [1.29, 1.82) is 0 Å². The first-order valence-corrected chi connectivity index (χ1v) is 14.8. The minimum atomic E-state index is -4.38. The monoisotopic (exact) mass is 639 g/mol. The maximum atomic E-state index is 13.5. The van der Waals surface area contributed by atoms with Gasteiger partial charge in [0.25, 0.3) is 5.91 Å². The van der Waals surface area contributed by atoms with E-state index in [1.165, 1.54) is 18.3 Å². The Labute approximate surface area is 264 Å². The summed E-state index contributed by atoms with van der Waals surface area (Å²) in [6.45, 7) is 7.07. The van der Waals surface area contributed by atoms with Crippen molar-refractivity contribution in [2.75, 3.05) is 38.1 Å². The van der Waals surface area contributed by atoms with Crippen molar-refractivity contribution >= 4 is 28.6 Å². The molecule has 244 valence electrons. The number of piperazine rings is 1. The first kappa shape index (κ1) is 32.6. The van der Waals surface area contributed by atoms with Crippen LogP contribution in [0.3, 0.4) is 0 Å². The van der Waals surface area contributed by atoms with E-state index in [0.717, 1.165) is 16.5 Å². The summed E-state index contributed by atoms with van der Waals surface area (Å²) in [5.74, 6) is 0.983. The third-order valence-electron chi connectivity index (χ3n) is 7.23. The molecule has 3 heterocycles. The molecule has 2 aromatic carbocycles. The normalized spacial score (nSPS) is 14.3. The number of alkyl halides is 3.